The van der Waals surface area contributed by atoms with Crippen molar-refractivity contribution in [1.82, 2.24) is 14.9 Å². The van der Waals surface area contributed by atoms with Crippen molar-refractivity contribution in [2.45, 2.75) is 25.9 Å². The third-order valence-corrected chi connectivity index (χ3v) is 6.47. The van der Waals surface area contributed by atoms with E-state index < -0.39 is 0 Å². The van der Waals surface area contributed by atoms with Crippen LogP contribution in [0.25, 0.3) is 11.0 Å². The van der Waals surface area contributed by atoms with Crippen LogP contribution in [0.4, 0.5) is 10.2 Å². The Balaban J connectivity index is 1.39. The summed E-state index contributed by atoms with van der Waals surface area (Å²) in [5.41, 5.74) is 3.12. The average Bonchev–Trinajstić information content (AvgIpc) is 2.89. The minimum absolute atomic E-state index is 0.0932. The number of amides is 1. The van der Waals surface area contributed by atoms with Crippen molar-refractivity contribution < 1.29 is 9.18 Å². The van der Waals surface area contributed by atoms with Crippen LogP contribution in [0.2, 0.25) is 0 Å². The number of anilines is 1. The van der Waals surface area contributed by atoms with Gasteiger partial charge in [-0.2, -0.15) is 0 Å². The van der Waals surface area contributed by atoms with Gasteiger partial charge in [0.05, 0.1) is 23.5 Å². The molecule has 1 N–H and O–H groups in total. The second-order valence-electron chi connectivity index (χ2n) is 8.93. The van der Waals surface area contributed by atoms with Gasteiger partial charge in [-0.1, -0.05) is 54.6 Å². The van der Waals surface area contributed by atoms with Crippen molar-refractivity contribution in [3.05, 3.63) is 106 Å². The first kappa shape index (κ1) is 22.8. The highest BCUT2D eigenvalue weighted by Gasteiger charge is 2.28. The van der Waals surface area contributed by atoms with Crippen LogP contribution in [-0.2, 0) is 17.9 Å². The van der Waals surface area contributed by atoms with Crippen molar-refractivity contribution in [3.63, 3.8) is 0 Å². The summed E-state index contributed by atoms with van der Waals surface area (Å²) < 4.78 is 15.2. The Hall–Kier alpha value is -4.00. The monoisotopic (exact) mass is 470 g/mol. The summed E-state index contributed by atoms with van der Waals surface area (Å²) in [5, 5.41) is 2.92. The van der Waals surface area contributed by atoms with Crippen LogP contribution in [0.3, 0.4) is 0 Å². The number of aromatic nitrogens is 2. The molecule has 4 aromatic rings. The quantitative estimate of drug-likeness (QED) is 0.461. The molecule has 35 heavy (non-hydrogen) atoms. The number of nitrogens with zero attached hydrogens (tertiary/aromatic N) is 3. The molecule has 5 rings (SSSR count). The number of rotatable bonds is 6. The minimum Gasteiger partial charge on any atom is -0.352 e. The van der Waals surface area contributed by atoms with Gasteiger partial charge in [-0.05, 0) is 48.2 Å². The number of nitrogens with one attached hydrogen (secondary N) is 1. The number of hydrogen-bond acceptors (Lipinski definition) is 4. The highest BCUT2D eigenvalue weighted by molar-refractivity contribution is 5.80. The lowest BCUT2D eigenvalue weighted by Crippen LogP contribution is -2.45. The number of carbonyl (C=O) groups excluding carboxylic acids is 1. The van der Waals surface area contributed by atoms with Crippen molar-refractivity contribution in [2.24, 2.45) is 5.92 Å². The summed E-state index contributed by atoms with van der Waals surface area (Å²) in [6.07, 6.45) is 1.52. The Morgan fingerprint density at radius 3 is 2.60 bits per heavy atom. The first-order chi connectivity index (χ1) is 17.1. The van der Waals surface area contributed by atoms with Crippen LogP contribution in [0.15, 0.2) is 83.7 Å². The summed E-state index contributed by atoms with van der Waals surface area (Å²) >= 11 is 0. The summed E-state index contributed by atoms with van der Waals surface area (Å²) in [6.45, 7) is 1.80. The summed E-state index contributed by atoms with van der Waals surface area (Å²) in [4.78, 5) is 33.2. The third kappa shape index (κ3) is 5.09. The number of piperidine rings is 1. The van der Waals surface area contributed by atoms with E-state index in [0.29, 0.717) is 31.0 Å². The lowest BCUT2D eigenvalue weighted by Gasteiger charge is -2.32. The van der Waals surface area contributed by atoms with E-state index in [0.717, 1.165) is 29.4 Å². The van der Waals surface area contributed by atoms with E-state index >= 15 is 0 Å². The number of halogens is 1. The van der Waals surface area contributed by atoms with Crippen LogP contribution in [0, 0.1) is 11.7 Å². The smallest absolute Gasteiger partial charge is 0.294 e. The number of carbonyl (C=O) groups is 1. The van der Waals surface area contributed by atoms with E-state index in [-0.39, 0.29) is 29.7 Å². The molecular formula is C28H27FN4O2. The fourth-order valence-electron chi connectivity index (χ4n) is 4.67. The van der Waals surface area contributed by atoms with Gasteiger partial charge in [0.2, 0.25) is 5.91 Å². The van der Waals surface area contributed by atoms with Gasteiger partial charge in [0.25, 0.3) is 5.56 Å². The first-order valence-electron chi connectivity index (χ1n) is 11.9. The molecule has 0 aliphatic carbocycles. The Kier molecular flexibility index (Phi) is 6.57. The molecule has 1 atom stereocenters. The Morgan fingerprint density at radius 2 is 1.77 bits per heavy atom. The fourth-order valence-corrected chi connectivity index (χ4v) is 4.67. The molecule has 1 saturated heterocycles. The van der Waals surface area contributed by atoms with Gasteiger partial charge in [-0.3, -0.25) is 14.2 Å². The van der Waals surface area contributed by atoms with Gasteiger partial charge in [-0.15, -0.1) is 0 Å². The number of para-hydroxylation sites is 2. The highest BCUT2D eigenvalue weighted by atomic mass is 19.1. The van der Waals surface area contributed by atoms with Crippen molar-refractivity contribution in [2.75, 3.05) is 18.0 Å². The zero-order chi connectivity index (χ0) is 24.2. The molecule has 3 aromatic carbocycles. The Labute approximate surface area is 203 Å². The van der Waals surface area contributed by atoms with E-state index in [4.69, 9.17) is 4.98 Å². The van der Waals surface area contributed by atoms with Gasteiger partial charge in [0.15, 0.2) is 5.82 Å². The Morgan fingerprint density at radius 1 is 1.00 bits per heavy atom. The van der Waals surface area contributed by atoms with E-state index in [1.165, 1.54) is 12.1 Å². The second kappa shape index (κ2) is 10.1. The molecule has 178 valence electrons. The summed E-state index contributed by atoms with van der Waals surface area (Å²) in [7, 11) is 0. The second-order valence-corrected chi connectivity index (χ2v) is 8.93. The molecule has 0 saturated carbocycles. The van der Waals surface area contributed by atoms with Crippen molar-refractivity contribution in [1.29, 1.82) is 0 Å². The molecule has 0 bridgehead atoms. The maximum Gasteiger partial charge on any atom is 0.294 e. The molecule has 1 fully saturated rings. The van der Waals surface area contributed by atoms with E-state index in [1.54, 1.807) is 16.7 Å². The molecule has 1 amide bonds. The van der Waals surface area contributed by atoms with Crippen LogP contribution < -0.4 is 15.8 Å². The van der Waals surface area contributed by atoms with Gasteiger partial charge in [-0.25, -0.2) is 9.37 Å². The number of hydrogen-bond donors (Lipinski definition) is 1. The normalized spacial score (nSPS) is 15.8. The third-order valence-electron chi connectivity index (χ3n) is 6.47. The molecule has 2 heterocycles. The predicted molar refractivity (Wildman–Crippen MR) is 135 cm³/mol. The summed E-state index contributed by atoms with van der Waals surface area (Å²) in [5.74, 6) is -0.311. The van der Waals surface area contributed by atoms with E-state index in [1.807, 2.05) is 59.5 Å². The van der Waals surface area contributed by atoms with Crippen LogP contribution in [0.1, 0.15) is 24.0 Å². The zero-order valence-electron chi connectivity index (χ0n) is 19.4. The molecule has 1 aromatic heterocycles. The molecule has 0 radical (unpaired) electrons. The molecule has 1 aliphatic heterocycles. The Bertz CT molecular complexity index is 1400. The lowest BCUT2D eigenvalue weighted by atomic mass is 9.97. The number of fused-ring (bicyclic) bond motifs is 1. The van der Waals surface area contributed by atoms with Gasteiger partial charge < -0.3 is 10.2 Å². The first-order valence-corrected chi connectivity index (χ1v) is 11.9. The maximum absolute atomic E-state index is 13.6. The van der Waals surface area contributed by atoms with Crippen LogP contribution >= 0.6 is 0 Å². The van der Waals surface area contributed by atoms with Gasteiger partial charge in [0, 0.05) is 19.6 Å². The fraction of sp³-hybridized carbons (Fsp3) is 0.250. The molecule has 6 nitrogen and oxygen atoms in total. The largest absolute Gasteiger partial charge is 0.352 e. The summed E-state index contributed by atoms with van der Waals surface area (Å²) in [6, 6.07) is 23.7. The van der Waals surface area contributed by atoms with Crippen LogP contribution in [-0.4, -0.2) is 28.5 Å². The van der Waals surface area contributed by atoms with Gasteiger partial charge >= 0.3 is 0 Å². The predicted octanol–water partition coefficient (Wildman–Crippen LogP) is 4.12. The molecular weight excluding hydrogens is 443 g/mol. The molecule has 1 aliphatic rings. The van der Waals surface area contributed by atoms with Crippen molar-refractivity contribution >= 4 is 22.8 Å². The maximum atomic E-state index is 13.6. The zero-order valence-corrected chi connectivity index (χ0v) is 19.4. The molecule has 0 unspecified atom stereocenters. The number of benzene rings is 3. The van der Waals surface area contributed by atoms with E-state index in [2.05, 4.69) is 5.32 Å². The standard InChI is InChI=1S/C28H27FN4O2/c29-23-12-6-10-21(16-23)17-30-27(34)22-11-7-15-32(19-22)26-28(35)33(18-20-8-2-1-3-9-20)25-14-5-4-13-24(25)31-26/h1-6,8-10,12-14,16,22H,7,11,15,17-19H2,(H,30,34)/t22-/m1/s1. The van der Waals surface area contributed by atoms with Crippen LogP contribution in [0.5, 0.6) is 0 Å². The van der Waals surface area contributed by atoms with E-state index in [9.17, 15) is 14.0 Å². The molecule has 0 spiro atoms. The van der Waals surface area contributed by atoms with Gasteiger partial charge in [0.1, 0.15) is 5.82 Å². The average molecular weight is 471 g/mol. The van der Waals surface area contributed by atoms with Crippen molar-refractivity contribution in [3.8, 4) is 0 Å². The SMILES string of the molecule is O=C(NCc1cccc(F)c1)[C@@H]1CCCN(c2nc3ccccc3n(Cc3ccccc3)c2=O)C1. The minimum atomic E-state index is -0.324. The lowest BCUT2D eigenvalue weighted by molar-refractivity contribution is -0.125. The highest BCUT2D eigenvalue weighted by Crippen LogP contribution is 2.22. The molecule has 7 heteroatoms. The topological polar surface area (TPSA) is 67.2 Å².